The number of piperazine rings is 1. The minimum absolute atomic E-state index is 0.0883. The maximum absolute atomic E-state index is 11.9. The van der Waals surface area contributed by atoms with E-state index in [1.807, 2.05) is 29.6 Å². The van der Waals surface area contributed by atoms with Gasteiger partial charge in [0.25, 0.3) is 0 Å². The van der Waals surface area contributed by atoms with E-state index in [9.17, 15) is 4.79 Å². The summed E-state index contributed by atoms with van der Waals surface area (Å²) in [7, 11) is 1.33. The lowest BCUT2D eigenvalue weighted by atomic mass is 10.2. The van der Waals surface area contributed by atoms with Crippen molar-refractivity contribution in [3.05, 3.63) is 45.5 Å². The molecule has 0 radical (unpaired) electrons. The third kappa shape index (κ3) is 3.54. The first-order valence-corrected chi connectivity index (χ1v) is 9.99. The van der Waals surface area contributed by atoms with Crippen LogP contribution in [-0.2, 0) is 4.74 Å². The highest BCUT2D eigenvalue weighted by molar-refractivity contribution is 7.17. The van der Waals surface area contributed by atoms with Crippen molar-refractivity contribution in [2.45, 2.75) is 0 Å². The van der Waals surface area contributed by atoms with Crippen molar-refractivity contribution in [2.24, 2.45) is 0 Å². The molecule has 0 atom stereocenters. The second-order valence-electron chi connectivity index (χ2n) is 6.07. The summed E-state index contributed by atoms with van der Waals surface area (Å²) in [6, 6.07) is 7.57. The number of rotatable bonds is 3. The molecule has 4 rings (SSSR count). The van der Waals surface area contributed by atoms with Gasteiger partial charge in [0.15, 0.2) is 5.82 Å². The summed E-state index contributed by atoms with van der Waals surface area (Å²) in [5.74, 6) is 0.341. The van der Waals surface area contributed by atoms with Gasteiger partial charge in [-0.1, -0.05) is 23.2 Å². The minimum atomic E-state index is -0.529. The molecular weight excluding hydrogens is 407 g/mol. The van der Waals surface area contributed by atoms with Gasteiger partial charge >= 0.3 is 5.97 Å². The van der Waals surface area contributed by atoms with Crippen molar-refractivity contribution in [3.63, 3.8) is 0 Å². The van der Waals surface area contributed by atoms with Gasteiger partial charge in [0.2, 0.25) is 5.82 Å². The Labute approximate surface area is 170 Å². The Balaban J connectivity index is 1.58. The van der Waals surface area contributed by atoms with Gasteiger partial charge in [0.05, 0.1) is 27.4 Å². The molecule has 1 saturated heterocycles. The number of hydrogen-bond acceptors (Lipinski definition) is 7. The molecule has 3 heterocycles. The predicted octanol–water partition coefficient (Wildman–Crippen LogP) is 4.11. The molecular formula is C18H16Cl2N4O2S. The number of benzene rings is 1. The van der Waals surface area contributed by atoms with Crippen LogP contribution in [0.3, 0.4) is 0 Å². The molecule has 0 bridgehead atoms. The van der Waals surface area contributed by atoms with Crippen LogP contribution < -0.4 is 9.80 Å². The monoisotopic (exact) mass is 422 g/mol. The fraction of sp³-hybridized carbons (Fsp3) is 0.278. The zero-order valence-corrected chi connectivity index (χ0v) is 16.8. The summed E-state index contributed by atoms with van der Waals surface area (Å²) in [6.07, 6.45) is 0. The van der Waals surface area contributed by atoms with Crippen LogP contribution in [0.1, 0.15) is 10.6 Å². The number of nitrogens with zero attached hydrogens (tertiary/aromatic N) is 4. The summed E-state index contributed by atoms with van der Waals surface area (Å²) >= 11 is 13.7. The maximum Gasteiger partial charge on any atom is 0.376 e. The molecule has 0 N–H and O–H groups in total. The highest BCUT2D eigenvalue weighted by Crippen LogP contribution is 2.31. The molecule has 0 saturated carbocycles. The van der Waals surface area contributed by atoms with E-state index in [2.05, 4.69) is 19.8 Å². The fourth-order valence-corrected chi connectivity index (χ4v) is 4.24. The quantitative estimate of drug-likeness (QED) is 0.591. The SMILES string of the molecule is COC(=O)c1nc(N2CCN(c3ccc(Cl)c(Cl)c3)CC2)c2sccc2n1. The Kier molecular flexibility index (Phi) is 5.08. The highest BCUT2D eigenvalue weighted by Gasteiger charge is 2.23. The van der Waals surface area contributed by atoms with E-state index in [1.165, 1.54) is 7.11 Å². The van der Waals surface area contributed by atoms with E-state index < -0.39 is 5.97 Å². The molecule has 0 amide bonds. The van der Waals surface area contributed by atoms with Gasteiger partial charge in [-0.15, -0.1) is 11.3 Å². The Morgan fingerprint density at radius 1 is 1.07 bits per heavy atom. The lowest BCUT2D eigenvalue weighted by Gasteiger charge is -2.37. The molecule has 1 aliphatic heterocycles. The van der Waals surface area contributed by atoms with Crippen molar-refractivity contribution in [1.82, 2.24) is 9.97 Å². The molecule has 0 unspecified atom stereocenters. The van der Waals surface area contributed by atoms with Gasteiger partial charge in [-0.05, 0) is 29.6 Å². The number of aromatic nitrogens is 2. The first-order chi connectivity index (χ1) is 13.1. The van der Waals surface area contributed by atoms with Gasteiger partial charge in [0.1, 0.15) is 0 Å². The number of thiophene rings is 1. The lowest BCUT2D eigenvalue weighted by molar-refractivity contribution is 0.0587. The van der Waals surface area contributed by atoms with Gasteiger partial charge in [0, 0.05) is 31.9 Å². The second kappa shape index (κ2) is 7.50. The smallest absolute Gasteiger partial charge is 0.376 e. The van der Waals surface area contributed by atoms with Crippen molar-refractivity contribution < 1.29 is 9.53 Å². The number of carbonyl (C=O) groups excluding carboxylic acids is 1. The zero-order valence-electron chi connectivity index (χ0n) is 14.5. The molecule has 0 aliphatic carbocycles. The predicted molar refractivity (Wildman–Crippen MR) is 110 cm³/mol. The standard InChI is InChI=1S/C18H16Cl2N4O2S/c1-26-18(25)16-21-14-4-9-27-15(14)17(22-16)24-7-5-23(6-8-24)11-2-3-12(19)13(20)10-11/h2-4,9-10H,5-8H2,1H3. The van der Waals surface area contributed by atoms with Crippen molar-refractivity contribution in [2.75, 3.05) is 43.1 Å². The van der Waals surface area contributed by atoms with Crippen LogP contribution in [0, 0.1) is 0 Å². The van der Waals surface area contributed by atoms with E-state index in [4.69, 9.17) is 27.9 Å². The van der Waals surface area contributed by atoms with Crippen molar-refractivity contribution >= 4 is 62.2 Å². The molecule has 27 heavy (non-hydrogen) atoms. The first kappa shape index (κ1) is 18.3. The Morgan fingerprint density at radius 2 is 1.81 bits per heavy atom. The van der Waals surface area contributed by atoms with Gasteiger partial charge in [-0.3, -0.25) is 0 Å². The first-order valence-electron chi connectivity index (χ1n) is 8.35. The van der Waals surface area contributed by atoms with Gasteiger partial charge in [-0.2, -0.15) is 0 Å². The number of esters is 1. The fourth-order valence-electron chi connectivity index (χ4n) is 3.10. The van der Waals surface area contributed by atoms with Crippen LogP contribution in [0.25, 0.3) is 10.2 Å². The summed E-state index contributed by atoms with van der Waals surface area (Å²) in [5.41, 5.74) is 1.81. The zero-order chi connectivity index (χ0) is 19.0. The molecule has 1 aliphatic rings. The van der Waals surface area contributed by atoms with E-state index in [0.29, 0.717) is 10.0 Å². The number of methoxy groups -OCH3 is 1. The second-order valence-corrected chi connectivity index (χ2v) is 7.80. The van der Waals surface area contributed by atoms with Crippen LogP contribution in [0.4, 0.5) is 11.5 Å². The summed E-state index contributed by atoms with van der Waals surface area (Å²) in [5, 5.41) is 3.06. The average Bonchev–Trinajstić information content (AvgIpc) is 3.17. The van der Waals surface area contributed by atoms with Crippen molar-refractivity contribution in [3.8, 4) is 0 Å². The van der Waals surface area contributed by atoms with Crippen molar-refractivity contribution in [1.29, 1.82) is 0 Å². The number of carbonyl (C=O) groups is 1. The molecule has 140 valence electrons. The van der Waals surface area contributed by atoms with Crippen LogP contribution >= 0.6 is 34.5 Å². The van der Waals surface area contributed by atoms with E-state index >= 15 is 0 Å². The molecule has 0 spiro atoms. The molecule has 2 aromatic heterocycles. The number of halogens is 2. The van der Waals surface area contributed by atoms with Gasteiger partial charge < -0.3 is 14.5 Å². The summed E-state index contributed by atoms with van der Waals surface area (Å²) in [4.78, 5) is 25.1. The molecule has 3 aromatic rings. The normalized spacial score (nSPS) is 14.6. The summed E-state index contributed by atoms with van der Waals surface area (Å²) in [6.45, 7) is 3.15. The topological polar surface area (TPSA) is 58.6 Å². The molecule has 6 nitrogen and oxygen atoms in total. The van der Waals surface area contributed by atoms with Crippen LogP contribution in [0.15, 0.2) is 29.6 Å². The van der Waals surface area contributed by atoms with Crippen LogP contribution in [0.2, 0.25) is 10.0 Å². The van der Waals surface area contributed by atoms with Crippen LogP contribution in [0.5, 0.6) is 0 Å². The third-order valence-corrected chi connectivity index (χ3v) is 6.14. The molecule has 1 fully saturated rings. The lowest BCUT2D eigenvalue weighted by Crippen LogP contribution is -2.47. The summed E-state index contributed by atoms with van der Waals surface area (Å²) < 4.78 is 5.77. The van der Waals surface area contributed by atoms with E-state index in [-0.39, 0.29) is 5.82 Å². The molecule has 9 heteroatoms. The third-order valence-electron chi connectivity index (χ3n) is 4.50. The highest BCUT2D eigenvalue weighted by atomic mass is 35.5. The minimum Gasteiger partial charge on any atom is -0.463 e. The Bertz CT molecular complexity index is 1000. The average molecular weight is 423 g/mol. The van der Waals surface area contributed by atoms with Crippen LogP contribution in [-0.4, -0.2) is 49.2 Å². The number of anilines is 2. The number of ether oxygens (including phenoxy) is 1. The maximum atomic E-state index is 11.9. The van der Waals surface area contributed by atoms with E-state index in [1.54, 1.807) is 11.3 Å². The Hall–Kier alpha value is -2.09. The van der Waals surface area contributed by atoms with Gasteiger partial charge in [-0.25, -0.2) is 14.8 Å². The largest absolute Gasteiger partial charge is 0.463 e. The number of fused-ring (bicyclic) bond motifs is 1. The van der Waals surface area contributed by atoms with E-state index in [0.717, 1.165) is 47.9 Å². The Morgan fingerprint density at radius 3 is 2.52 bits per heavy atom. The number of hydrogen-bond donors (Lipinski definition) is 0. The molecule has 1 aromatic carbocycles.